The lowest BCUT2D eigenvalue weighted by Crippen LogP contribution is -2.52. The maximum absolute atomic E-state index is 12.5. The molecule has 1 aromatic rings. The van der Waals surface area contributed by atoms with Crippen molar-refractivity contribution in [2.24, 2.45) is 17.4 Å². The van der Waals surface area contributed by atoms with Gasteiger partial charge in [0.25, 0.3) is 0 Å². The van der Waals surface area contributed by atoms with Gasteiger partial charge in [0.15, 0.2) is 5.78 Å². The molecule has 0 unspecified atom stereocenters. The smallest absolute Gasteiger partial charge is 0.303 e. The SMILES string of the molecule is NC(=O)[C@H](CCC(=O)O)NC(=O)[C@H](CO)CC(=O)[C@H](CO)NC(=O)[C@@H](N)Cc1ccccc1. The zero-order valence-electron chi connectivity index (χ0n) is 18.0. The van der Waals surface area contributed by atoms with Crippen molar-refractivity contribution in [1.29, 1.82) is 0 Å². The lowest BCUT2D eigenvalue weighted by Gasteiger charge is -2.22. The molecule has 182 valence electrons. The number of carboxylic acid groups (broad SMARTS) is 1. The summed E-state index contributed by atoms with van der Waals surface area (Å²) in [7, 11) is 0. The predicted octanol–water partition coefficient (Wildman–Crippen LogP) is -2.56. The number of amides is 3. The molecule has 9 N–H and O–H groups in total. The fraction of sp³-hybridized carbons (Fsp3) is 0.476. The van der Waals surface area contributed by atoms with Gasteiger partial charge in [-0.2, -0.15) is 0 Å². The number of hydrogen-bond donors (Lipinski definition) is 7. The molecular formula is C21H30N4O8. The molecule has 0 bridgehead atoms. The second-order valence-electron chi connectivity index (χ2n) is 7.49. The largest absolute Gasteiger partial charge is 0.481 e. The maximum Gasteiger partial charge on any atom is 0.303 e. The third kappa shape index (κ3) is 9.76. The van der Waals surface area contributed by atoms with E-state index in [0.717, 1.165) is 5.56 Å². The summed E-state index contributed by atoms with van der Waals surface area (Å²) in [4.78, 5) is 59.3. The number of hydrogen-bond acceptors (Lipinski definition) is 8. The van der Waals surface area contributed by atoms with Crippen LogP contribution in [0.1, 0.15) is 24.8 Å². The van der Waals surface area contributed by atoms with Gasteiger partial charge in [-0.25, -0.2) is 0 Å². The molecule has 1 rings (SSSR count). The van der Waals surface area contributed by atoms with E-state index in [1.165, 1.54) is 0 Å². The van der Waals surface area contributed by atoms with Gasteiger partial charge < -0.3 is 37.4 Å². The number of aliphatic hydroxyl groups excluding tert-OH is 2. The highest BCUT2D eigenvalue weighted by Gasteiger charge is 2.30. The van der Waals surface area contributed by atoms with Crippen molar-refractivity contribution in [2.75, 3.05) is 13.2 Å². The number of carboxylic acids is 1. The van der Waals surface area contributed by atoms with E-state index in [0.29, 0.717) is 0 Å². The molecule has 0 fully saturated rings. The second kappa shape index (κ2) is 13.9. The molecule has 12 heteroatoms. The van der Waals surface area contributed by atoms with Crippen molar-refractivity contribution in [3.05, 3.63) is 35.9 Å². The van der Waals surface area contributed by atoms with Crippen LogP contribution >= 0.6 is 0 Å². The Labute approximate surface area is 190 Å². The molecule has 0 aliphatic heterocycles. The van der Waals surface area contributed by atoms with Crippen molar-refractivity contribution in [3.63, 3.8) is 0 Å². The van der Waals surface area contributed by atoms with Crippen molar-refractivity contribution >= 4 is 29.5 Å². The number of Topliss-reactive ketones (excluding diaryl/α,β-unsaturated/α-hetero) is 1. The van der Waals surface area contributed by atoms with Crippen LogP contribution in [0.4, 0.5) is 0 Å². The molecule has 0 aromatic heterocycles. The number of benzene rings is 1. The normalized spacial score (nSPS) is 14.4. The molecule has 4 atom stereocenters. The zero-order valence-corrected chi connectivity index (χ0v) is 18.0. The summed E-state index contributed by atoms with van der Waals surface area (Å²) < 4.78 is 0. The first-order valence-electron chi connectivity index (χ1n) is 10.2. The van der Waals surface area contributed by atoms with Crippen LogP contribution in [0.2, 0.25) is 0 Å². The van der Waals surface area contributed by atoms with Gasteiger partial charge in [0.2, 0.25) is 17.7 Å². The van der Waals surface area contributed by atoms with Crippen LogP contribution in [0.3, 0.4) is 0 Å². The van der Waals surface area contributed by atoms with Crippen LogP contribution in [-0.4, -0.2) is 76.1 Å². The molecule has 0 aliphatic carbocycles. The molecule has 0 aliphatic rings. The van der Waals surface area contributed by atoms with Gasteiger partial charge in [-0.3, -0.25) is 24.0 Å². The number of nitrogens with two attached hydrogens (primary N) is 2. The highest BCUT2D eigenvalue weighted by molar-refractivity contribution is 5.94. The Balaban J connectivity index is 2.70. The van der Waals surface area contributed by atoms with Gasteiger partial charge in [0.1, 0.15) is 12.1 Å². The van der Waals surface area contributed by atoms with E-state index in [9.17, 15) is 34.2 Å². The minimum atomic E-state index is -1.36. The first-order chi connectivity index (χ1) is 15.6. The van der Waals surface area contributed by atoms with E-state index in [-0.39, 0.29) is 12.8 Å². The van der Waals surface area contributed by atoms with E-state index >= 15 is 0 Å². The van der Waals surface area contributed by atoms with Crippen LogP contribution in [0, 0.1) is 5.92 Å². The third-order valence-corrected chi connectivity index (χ3v) is 4.87. The quantitative estimate of drug-likeness (QED) is 0.144. The minimum Gasteiger partial charge on any atom is -0.481 e. The van der Waals surface area contributed by atoms with Crippen molar-refractivity contribution in [1.82, 2.24) is 10.6 Å². The molecule has 0 saturated carbocycles. The second-order valence-corrected chi connectivity index (χ2v) is 7.49. The third-order valence-electron chi connectivity index (χ3n) is 4.87. The van der Waals surface area contributed by atoms with Gasteiger partial charge in [-0.1, -0.05) is 30.3 Å². The van der Waals surface area contributed by atoms with Crippen LogP contribution in [0.25, 0.3) is 0 Å². The lowest BCUT2D eigenvalue weighted by molar-refractivity contribution is -0.138. The summed E-state index contributed by atoms with van der Waals surface area (Å²) in [5.74, 6) is -5.80. The number of aliphatic carboxylic acids is 1. The fourth-order valence-electron chi connectivity index (χ4n) is 2.94. The fourth-order valence-corrected chi connectivity index (χ4v) is 2.94. The molecule has 0 radical (unpaired) electrons. The molecule has 1 aromatic carbocycles. The Morgan fingerprint density at radius 1 is 0.909 bits per heavy atom. The highest BCUT2D eigenvalue weighted by Crippen LogP contribution is 2.09. The van der Waals surface area contributed by atoms with Gasteiger partial charge in [0, 0.05) is 12.8 Å². The number of ketones is 1. The number of aliphatic hydroxyl groups is 2. The summed E-state index contributed by atoms with van der Waals surface area (Å²) in [5, 5.41) is 32.3. The Kier molecular flexibility index (Phi) is 11.7. The van der Waals surface area contributed by atoms with E-state index < -0.39 is 79.6 Å². The van der Waals surface area contributed by atoms with Crippen molar-refractivity contribution < 1.29 is 39.3 Å². The molecular weight excluding hydrogens is 436 g/mol. The topological polar surface area (TPSA) is 222 Å². The maximum atomic E-state index is 12.5. The Bertz CT molecular complexity index is 833. The van der Waals surface area contributed by atoms with Crippen molar-refractivity contribution in [2.45, 2.75) is 43.8 Å². The van der Waals surface area contributed by atoms with Crippen LogP contribution in [0.15, 0.2) is 30.3 Å². The highest BCUT2D eigenvalue weighted by atomic mass is 16.4. The summed E-state index contributed by atoms with van der Waals surface area (Å²) in [6, 6.07) is 5.28. The van der Waals surface area contributed by atoms with Gasteiger partial charge in [-0.15, -0.1) is 0 Å². The molecule has 0 saturated heterocycles. The first kappa shape index (κ1) is 27.7. The lowest BCUT2D eigenvalue weighted by atomic mass is 9.97. The first-order valence-corrected chi connectivity index (χ1v) is 10.2. The van der Waals surface area contributed by atoms with Gasteiger partial charge >= 0.3 is 5.97 Å². The van der Waals surface area contributed by atoms with E-state index in [4.69, 9.17) is 16.6 Å². The van der Waals surface area contributed by atoms with Crippen LogP contribution < -0.4 is 22.1 Å². The number of primary amides is 1. The number of rotatable bonds is 15. The average molecular weight is 466 g/mol. The number of carbonyl (C=O) groups is 5. The monoisotopic (exact) mass is 466 g/mol. The molecule has 0 heterocycles. The average Bonchev–Trinajstić information content (AvgIpc) is 2.78. The summed E-state index contributed by atoms with van der Waals surface area (Å²) in [6.45, 7) is -1.54. The summed E-state index contributed by atoms with van der Waals surface area (Å²) >= 11 is 0. The standard InChI is InChI=1S/C21H30N4O8/c22-14(8-12-4-2-1-3-5-12)21(33)25-16(11-27)17(28)9-13(10-26)20(32)24-15(19(23)31)6-7-18(29)30/h1-5,13-16,26-27H,6-11,22H2,(H2,23,31)(H,24,32)(H,25,33)(H,29,30)/t13-,14-,15-,16-/m0/s1. The molecule has 12 nitrogen and oxygen atoms in total. The minimum absolute atomic E-state index is 0.200. The molecule has 3 amide bonds. The van der Waals surface area contributed by atoms with E-state index in [1.807, 2.05) is 0 Å². The van der Waals surface area contributed by atoms with Gasteiger partial charge in [0.05, 0.1) is 25.2 Å². The molecule has 33 heavy (non-hydrogen) atoms. The van der Waals surface area contributed by atoms with Crippen molar-refractivity contribution in [3.8, 4) is 0 Å². The zero-order chi connectivity index (χ0) is 25.0. The van der Waals surface area contributed by atoms with Crippen LogP contribution in [-0.2, 0) is 30.4 Å². The summed E-state index contributed by atoms with van der Waals surface area (Å²) in [5.41, 5.74) is 11.8. The Hall–Kier alpha value is -3.35. The molecule has 0 spiro atoms. The predicted molar refractivity (Wildman–Crippen MR) is 115 cm³/mol. The van der Waals surface area contributed by atoms with Gasteiger partial charge in [-0.05, 0) is 18.4 Å². The summed E-state index contributed by atoms with van der Waals surface area (Å²) in [6.07, 6.45) is -1.06. The Morgan fingerprint density at radius 2 is 1.52 bits per heavy atom. The number of nitrogens with one attached hydrogen (secondary N) is 2. The van der Waals surface area contributed by atoms with E-state index in [1.54, 1.807) is 30.3 Å². The Morgan fingerprint density at radius 3 is 2.03 bits per heavy atom. The number of carbonyl (C=O) groups excluding carboxylic acids is 4. The van der Waals surface area contributed by atoms with E-state index in [2.05, 4.69) is 10.6 Å². The van der Waals surface area contributed by atoms with Crippen LogP contribution in [0.5, 0.6) is 0 Å².